The number of nitrogens with zero attached hydrogens (tertiary/aromatic N) is 2. The quantitative estimate of drug-likeness (QED) is 0.756. The van der Waals surface area contributed by atoms with Crippen LogP contribution in [0.5, 0.6) is 0 Å². The maximum atomic E-state index is 11.8. The Balaban J connectivity index is 1.91. The van der Waals surface area contributed by atoms with Crippen LogP contribution in [0.1, 0.15) is 42.2 Å². The van der Waals surface area contributed by atoms with E-state index in [2.05, 4.69) is 10.4 Å². The average Bonchev–Trinajstić information content (AvgIpc) is 2.98. The molecule has 6 heteroatoms. The third kappa shape index (κ3) is 3.37. The van der Waals surface area contributed by atoms with Gasteiger partial charge in [-0.25, -0.2) is 4.79 Å². The van der Waals surface area contributed by atoms with Gasteiger partial charge in [-0.15, -0.1) is 0 Å². The number of ether oxygens (including phenoxy) is 1. The molecule has 1 fully saturated rings. The fourth-order valence-corrected chi connectivity index (χ4v) is 2.68. The van der Waals surface area contributed by atoms with E-state index in [-0.39, 0.29) is 12.1 Å². The summed E-state index contributed by atoms with van der Waals surface area (Å²) in [4.78, 5) is 11.8. The number of hydrogen-bond donors (Lipinski definition) is 2. The van der Waals surface area contributed by atoms with Gasteiger partial charge in [-0.3, -0.25) is 4.68 Å². The summed E-state index contributed by atoms with van der Waals surface area (Å²) in [7, 11) is 1.81. The lowest BCUT2D eigenvalue weighted by molar-refractivity contribution is 0.0524. The van der Waals surface area contributed by atoms with Crippen LogP contribution >= 0.6 is 0 Å². The van der Waals surface area contributed by atoms with E-state index in [0.29, 0.717) is 24.6 Å². The molecule has 2 unspecified atom stereocenters. The van der Waals surface area contributed by atoms with Gasteiger partial charge in [-0.1, -0.05) is 6.42 Å². The normalized spacial score (nSPS) is 22.1. The lowest BCUT2D eigenvalue weighted by Crippen LogP contribution is -2.28. The fraction of sp³-hybridized carbons (Fsp3) is 0.714. The number of nitrogens with one attached hydrogen (secondary N) is 1. The molecule has 0 aliphatic heterocycles. The van der Waals surface area contributed by atoms with Gasteiger partial charge in [0.25, 0.3) is 0 Å². The first-order valence-electron chi connectivity index (χ1n) is 7.20. The highest BCUT2D eigenvalue weighted by atomic mass is 16.5. The van der Waals surface area contributed by atoms with Gasteiger partial charge in [-0.2, -0.15) is 5.10 Å². The van der Waals surface area contributed by atoms with Crippen molar-refractivity contribution in [2.45, 2.75) is 38.8 Å². The number of aryl methyl sites for hydroxylation is 1. The topological polar surface area (TPSA) is 76.4 Å². The van der Waals surface area contributed by atoms with Crippen LogP contribution in [0.25, 0.3) is 0 Å². The zero-order valence-corrected chi connectivity index (χ0v) is 12.1. The van der Waals surface area contributed by atoms with Crippen LogP contribution in [-0.2, 0) is 18.3 Å². The van der Waals surface area contributed by atoms with Crippen LogP contribution in [0, 0.1) is 5.92 Å². The molecule has 1 aromatic heterocycles. The summed E-state index contributed by atoms with van der Waals surface area (Å²) < 4.78 is 6.70. The molecule has 0 aromatic carbocycles. The van der Waals surface area contributed by atoms with E-state index in [0.717, 1.165) is 31.5 Å². The van der Waals surface area contributed by atoms with Gasteiger partial charge in [0.1, 0.15) is 5.56 Å². The lowest BCUT2D eigenvalue weighted by Gasteiger charge is -2.15. The van der Waals surface area contributed by atoms with Gasteiger partial charge < -0.3 is 15.2 Å². The minimum Gasteiger partial charge on any atom is -0.462 e. The van der Waals surface area contributed by atoms with E-state index in [9.17, 15) is 9.90 Å². The molecule has 6 nitrogen and oxygen atoms in total. The number of hydrogen-bond acceptors (Lipinski definition) is 5. The number of aliphatic hydroxyl groups excluding tert-OH is 1. The second kappa shape index (κ2) is 6.85. The van der Waals surface area contributed by atoms with Crippen LogP contribution in [0.3, 0.4) is 0 Å². The molecule has 1 aliphatic carbocycles. The van der Waals surface area contributed by atoms with Crippen molar-refractivity contribution in [2.75, 3.05) is 13.2 Å². The largest absolute Gasteiger partial charge is 0.462 e. The summed E-state index contributed by atoms with van der Waals surface area (Å²) in [5.74, 6) is -0.0208. The lowest BCUT2D eigenvalue weighted by atomic mass is 10.1. The predicted octanol–water partition coefficient (Wildman–Crippen LogP) is 0.847. The predicted molar refractivity (Wildman–Crippen MR) is 74.2 cm³/mol. The SMILES string of the molecule is CCOC(=O)c1cnn(C)c1CNCC1CCCC1O. The molecule has 0 amide bonds. The average molecular weight is 281 g/mol. The zero-order chi connectivity index (χ0) is 14.5. The summed E-state index contributed by atoms with van der Waals surface area (Å²) in [6, 6.07) is 0. The van der Waals surface area contributed by atoms with Crippen molar-refractivity contribution in [2.24, 2.45) is 13.0 Å². The van der Waals surface area contributed by atoms with E-state index in [1.54, 1.807) is 17.8 Å². The summed E-state index contributed by atoms with van der Waals surface area (Å²) >= 11 is 0. The second-order valence-corrected chi connectivity index (χ2v) is 5.24. The van der Waals surface area contributed by atoms with Crippen LogP contribution in [0.4, 0.5) is 0 Å². The van der Waals surface area contributed by atoms with Gasteiger partial charge >= 0.3 is 5.97 Å². The van der Waals surface area contributed by atoms with E-state index < -0.39 is 0 Å². The van der Waals surface area contributed by atoms with Crippen LogP contribution in [0.2, 0.25) is 0 Å². The Hall–Kier alpha value is -1.40. The van der Waals surface area contributed by atoms with Crippen LogP contribution in [0.15, 0.2) is 6.20 Å². The smallest absolute Gasteiger partial charge is 0.341 e. The number of carbonyl (C=O) groups excluding carboxylic acids is 1. The zero-order valence-electron chi connectivity index (χ0n) is 12.1. The van der Waals surface area contributed by atoms with Crippen LogP contribution in [-0.4, -0.2) is 40.1 Å². The first-order chi connectivity index (χ1) is 9.63. The van der Waals surface area contributed by atoms with Gasteiger partial charge in [0, 0.05) is 20.1 Å². The Kier molecular flexibility index (Phi) is 5.14. The van der Waals surface area contributed by atoms with E-state index in [1.807, 2.05) is 7.05 Å². The molecular formula is C14H23N3O3. The van der Waals surface area contributed by atoms with Gasteiger partial charge in [0.15, 0.2) is 0 Å². The molecule has 112 valence electrons. The molecule has 1 aromatic rings. The summed E-state index contributed by atoms with van der Waals surface area (Å²) in [5, 5.41) is 17.2. The molecule has 0 saturated heterocycles. The Morgan fingerprint density at radius 2 is 2.40 bits per heavy atom. The first-order valence-corrected chi connectivity index (χ1v) is 7.20. The molecule has 2 rings (SSSR count). The van der Waals surface area contributed by atoms with Crippen molar-refractivity contribution < 1.29 is 14.6 Å². The molecule has 2 atom stereocenters. The Morgan fingerprint density at radius 1 is 1.60 bits per heavy atom. The van der Waals surface area contributed by atoms with Crippen molar-refractivity contribution in [1.82, 2.24) is 15.1 Å². The maximum Gasteiger partial charge on any atom is 0.341 e. The summed E-state index contributed by atoms with van der Waals surface area (Å²) in [6.07, 6.45) is 4.39. The van der Waals surface area contributed by atoms with Gasteiger partial charge in [0.2, 0.25) is 0 Å². The van der Waals surface area contributed by atoms with Crippen molar-refractivity contribution in [3.8, 4) is 0 Å². The second-order valence-electron chi connectivity index (χ2n) is 5.24. The molecule has 0 bridgehead atoms. The van der Waals surface area contributed by atoms with Crippen LogP contribution < -0.4 is 5.32 Å². The number of rotatable bonds is 6. The van der Waals surface area contributed by atoms with E-state index >= 15 is 0 Å². The molecule has 1 heterocycles. The first kappa shape index (κ1) is 15.0. The minimum absolute atomic E-state index is 0.196. The highest BCUT2D eigenvalue weighted by Crippen LogP contribution is 2.24. The molecule has 20 heavy (non-hydrogen) atoms. The standard InChI is InChI=1S/C14H23N3O3/c1-3-20-14(19)11-8-16-17(2)12(11)9-15-7-10-5-4-6-13(10)18/h8,10,13,15,18H,3-7,9H2,1-2H3. The van der Waals surface area contributed by atoms with Crippen molar-refractivity contribution in [1.29, 1.82) is 0 Å². The Labute approximate surface area is 119 Å². The van der Waals surface area contributed by atoms with Crippen molar-refractivity contribution in [3.05, 3.63) is 17.5 Å². The molecule has 1 saturated carbocycles. The number of esters is 1. The fourth-order valence-electron chi connectivity index (χ4n) is 2.68. The van der Waals surface area contributed by atoms with E-state index in [4.69, 9.17) is 4.74 Å². The molecule has 1 aliphatic rings. The summed E-state index contributed by atoms with van der Waals surface area (Å²) in [6.45, 7) is 3.45. The van der Waals surface area contributed by atoms with Crippen molar-refractivity contribution >= 4 is 5.97 Å². The minimum atomic E-state index is -0.335. The molecule has 2 N–H and O–H groups in total. The molecule has 0 radical (unpaired) electrons. The third-order valence-electron chi connectivity index (χ3n) is 3.87. The maximum absolute atomic E-state index is 11.8. The molecule has 0 spiro atoms. The highest BCUT2D eigenvalue weighted by molar-refractivity contribution is 5.90. The monoisotopic (exact) mass is 281 g/mol. The number of carbonyl (C=O) groups is 1. The van der Waals surface area contributed by atoms with Crippen molar-refractivity contribution in [3.63, 3.8) is 0 Å². The summed E-state index contributed by atoms with van der Waals surface area (Å²) in [5.41, 5.74) is 1.32. The third-order valence-corrected chi connectivity index (χ3v) is 3.87. The number of aliphatic hydroxyl groups is 1. The van der Waals surface area contributed by atoms with E-state index in [1.165, 1.54) is 0 Å². The molecular weight excluding hydrogens is 258 g/mol. The number of aromatic nitrogens is 2. The van der Waals surface area contributed by atoms with Gasteiger partial charge in [0.05, 0.1) is 24.6 Å². The van der Waals surface area contributed by atoms with Gasteiger partial charge in [-0.05, 0) is 25.7 Å². The highest BCUT2D eigenvalue weighted by Gasteiger charge is 2.25. The Morgan fingerprint density at radius 3 is 3.05 bits per heavy atom. The Bertz CT molecular complexity index is 459.